The van der Waals surface area contributed by atoms with E-state index in [0.29, 0.717) is 5.75 Å². The molecule has 1 heterocycles. The second-order valence-corrected chi connectivity index (χ2v) is 3.21. The van der Waals surface area contributed by atoms with Gasteiger partial charge in [-0.15, -0.1) is 0 Å². The van der Waals surface area contributed by atoms with Crippen LogP contribution in [-0.2, 0) is 4.79 Å². The molecule has 2 rings (SSSR count). The van der Waals surface area contributed by atoms with Gasteiger partial charge < -0.3 is 10.1 Å². The van der Waals surface area contributed by atoms with Gasteiger partial charge in [0.2, 0.25) is 0 Å². The normalized spacial score (nSPS) is 17.2. The predicted octanol–water partition coefficient (Wildman–Crippen LogP) is 0.875. The molecule has 1 aliphatic rings. The Kier molecular flexibility index (Phi) is 2.59. The van der Waals surface area contributed by atoms with Crippen molar-refractivity contribution in [3.8, 4) is 5.75 Å². The van der Waals surface area contributed by atoms with E-state index in [1.54, 1.807) is 25.3 Å². The number of amides is 3. The molecule has 0 saturated carbocycles. The van der Waals surface area contributed by atoms with Gasteiger partial charge in [0.05, 0.1) is 7.11 Å². The number of carbonyl (C=O) groups excluding carboxylic acids is 2. The van der Waals surface area contributed by atoms with E-state index in [1.807, 2.05) is 12.1 Å². The highest BCUT2D eigenvalue weighted by atomic mass is 16.5. The first kappa shape index (κ1) is 10.2. The van der Waals surface area contributed by atoms with Crippen molar-refractivity contribution in [3.63, 3.8) is 0 Å². The summed E-state index contributed by atoms with van der Waals surface area (Å²) in [5.41, 5.74) is 0.951. The van der Waals surface area contributed by atoms with E-state index in [2.05, 4.69) is 10.6 Å². The summed E-state index contributed by atoms with van der Waals surface area (Å²) < 4.78 is 5.13. The minimum absolute atomic E-state index is 0.217. The molecule has 0 unspecified atom stereocenters. The van der Waals surface area contributed by atoms with Gasteiger partial charge in [0.1, 0.15) is 11.4 Å². The zero-order valence-corrected chi connectivity index (χ0v) is 8.61. The van der Waals surface area contributed by atoms with E-state index in [9.17, 15) is 9.59 Å². The molecule has 1 aromatic carbocycles. The summed E-state index contributed by atoms with van der Waals surface area (Å²) in [6.07, 6.45) is 1.57. The smallest absolute Gasteiger partial charge is 0.326 e. The Morgan fingerprint density at radius 2 is 1.94 bits per heavy atom. The molecule has 16 heavy (non-hydrogen) atoms. The van der Waals surface area contributed by atoms with Gasteiger partial charge in [0, 0.05) is 5.56 Å². The Bertz CT molecular complexity index is 480. The molecule has 82 valence electrons. The lowest BCUT2D eigenvalue weighted by Crippen LogP contribution is -2.22. The van der Waals surface area contributed by atoms with E-state index in [0.717, 1.165) is 5.56 Å². The number of hydrogen-bond acceptors (Lipinski definition) is 3. The van der Waals surface area contributed by atoms with E-state index in [4.69, 9.17) is 4.74 Å². The maximum absolute atomic E-state index is 11.3. The average molecular weight is 218 g/mol. The zero-order valence-electron chi connectivity index (χ0n) is 8.61. The Morgan fingerprint density at radius 3 is 2.56 bits per heavy atom. The summed E-state index contributed by atoms with van der Waals surface area (Å²) in [6.45, 7) is 0. The van der Waals surface area contributed by atoms with Crippen LogP contribution in [0.5, 0.6) is 5.75 Å². The summed E-state index contributed by atoms with van der Waals surface area (Å²) in [5, 5.41) is 4.54. The largest absolute Gasteiger partial charge is 0.496 e. The van der Waals surface area contributed by atoms with Gasteiger partial charge >= 0.3 is 6.03 Å². The molecule has 0 aliphatic carbocycles. The van der Waals surface area contributed by atoms with Crippen LogP contribution in [0, 0.1) is 0 Å². The van der Waals surface area contributed by atoms with Crippen LogP contribution < -0.4 is 15.4 Å². The fraction of sp³-hybridized carbons (Fsp3) is 0.0909. The Labute approximate surface area is 92.1 Å². The monoisotopic (exact) mass is 218 g/mol. The number of nitrogens with one attached hydrogen (secondary N) is 2. The standard InChI is InChI=1S/C11H10N2O3/c1-16-9-5-3-2-4-7(9)6-8-10(14)13-11(15)12-8/h2-6H,1H3,(H2,12,13,14,15)/b8-6-. The van der Waals surface area contributed by atoms with Crippen molar-refractivity contribution in [3.05, 3.63) is 35.5 Å². The Hall–Kier alpha value is -2.30. The van der Waals surface area contributed by atoms with Crippen LogP contribution in [-0.4, -0.2) is 19.0 Å². The molecule has 0 bridgehead atoms. The summed E-state index contributed by atoms with van der Waals surface area (Å²) in [6, 6.07) is 6.72. The second kappa shape index (κ2) is 4.06. The van der Waals surface area contributed by atoms with Crippen LogP contribution in [0.4, 0.5) is 4.79 Å². The van der Waals surface area contributed by atoms with E-state index in [-0.39, 0.29) is 5.70 Å². The van der Waals surface area contributed by atoms with Gasteiger partial charge in [-0.05, 0) is 12.1 Å². The summed E-state index contributed by atoms with van der Waals surface area (Å²) in [7, 11) is 1.55. The quantitative estimate of drug-likeness (QED) is 0.572. The molecule has 0 radical (unpaired) electrons. The first-order valence-corrected chi connectivity index (χ1v) is 4.68. The lowest BCUT2D eigenvalue weighted by molar-refractivity contribution is -0.115. The summed E-state index contributed by atoms with van der Waals surface area (Å²) >= 11 is 0. The average Bonchev–Trinajstić information content (AvgIpc) is 2.58. The van der Waals surface area contributed by atoms with Crippen molar-refractivity contribution in [2.24, 2.45) is 0 Å². The van der Waals surface area contributed by atoms with Crippen LogP contribution >= 0.6 is 0 Å². The third-order valence-corrected chi connectivity index (χ3v) is 2.16. The summed E-state index contributed by atoms with van der Waals surface area (Å²) in [4.78, 5) is 22.2. The van der Waals surface area contributed by atoms with Gasteiger partial charge in [0.15, 0.2) is 0 Å². The van der Waals surface area contributed by atoms with Crippen LogP contribution in [0.2, 0.25) is 0 Å². The van der Waals surface area contributed by atoms with Crippen molar-refractivity contribution < 1.29 is 14.3 Å². The van der Waals surface area contributed by atoms with Gasteiger partial charge in [-0.1, -0.05) is 18.2 Å². The second-order valence-electron chi connectivity index (χ2n) is 3.21. The predicted molar refractivity (Wildman–Crippen MR) is 57.6 cm³/mol. The van der Waals surface area contributed by atoms with Crippen LogP contribution in [0.15, 0.2) is 30.0 Å². The van der Waals surface area contributed by atoms with E-state index >= 15 is 0 Å². The molecule has 5 heteroatoms. The molecular formula is C11H10N2O3. The van der Waals surface area contributed by atoms with Crippen molar-refractivity contribution in [1.82, 2.24) is 10.6 Å². The maximum Gasteiger partial charge on any atom is 0.326 e. The molecule has 1 aliphatic heterocycles. The van der Waals surface area contributed by atoms with Gasteiger partial charge in [-0.2, -0.15) is 0 Å². The molecule has 1 aromatic rings. The summed E-state index contributed by atoms with van der Waals surface area (Å²) in [5.74, 6) is 0.208. The minimum atomic E-state index is -0.508. The molecule has 0 aromatic heterocycles. The van der Waals surface area contributed by atoms with Gasteiger partial charge in [-0.3, -0.25) is 10.1 Å². The van der Waals surface area contributed by atoms with Crippen molar-refractivity contribution in [2.45, 2.75) is 0 Å². The van der Waals surface area contributed by atoms with Crippen molar-refractivity contribution >= 4 is 18.0 Å². The Morgan fingerprint density at radius 1 is 1.19 bits per heavy atom. The highest BCUT2D eigenvalue weighted by molar-refractivity contribution is 6.14. The number of imide groups is 1. The highest BCUT2D eigenvalue weighted by Gasteiger charge is 2.22. The SMILES string of the molecule is COc1ccccc1/C=C1\NC(=O)NC1=O. The number of para-hydroxylation sites is 1. The molecule has 0 atom stereocenters. The van der Waals surface area contributed by atoms with Gasteiger partial charge in [0.25, 0.3) is 5.91 Å². The fourth-order valence-electron chi connectivity index (χ4n) is 1.42. The molecule has 2 N–H and O–H groups in total. The first-order valence-electron chi connectivity index (χ1n) is 4.68. The molecule has 1 saturated heterocycles. The minimum Gasteiger partial charge on any atom is -0.496 e. The number of carbonyl (C=O) groups is 2. The number of benzene rings is 1. The number of hydrogen-bond donors (Lipinski definition) is 2. The lowest BCUT2D eigenvalue weighted by atomic mass is 10.1. The molecule has 5 nitrogen and oxygen atoms in total. The molecule has 3 amide bonds. The number of rotatable bonds is 2. The van der Waals surface area contributed by atoms with Crippen LogP contribution in [0.25, 0.3) is 6.08 Å². The van der Waals surface area contributed by atoms with Crippen LogP contribution in [0.1, 0.15) is 5.56 Å². The number of ether oxygens (including phenoxy) is 1. The molecule has 0 spiro atoms. The third kappa shape index (κ3) is 1.88. The van der Waals surface area contributed by atoms with E-state index < -0.39 is 11.9 Å². The van der Waals surface area contributed by atoms with E-state index in [1.165, 1.54) is 0 Å². The topological polar surface area (TPSA) is 67.4 Å². The molecular weight excluding hydrogens is 208 g/mol. The highest BCUT2D eigenvalue weighted by Crippen LogP contribution is 2.20. The van der Waals surface area contributed by atoms with Crippen molar-refractivity contribution in [1.29, 1.82) is 0 Å². The number of methoxy groups -OCH3 is 1. The van der Waals surface area contributed by atoms with Gasteiger partial charge in [-0.25, -0.2) is 4.79 Å². The zero-order chi connectivity index (χ0) is 11.5. The maximum atomic E-state index is 11.3. The first-order chi connectivity index (χ1) is 7.70. The van der Waals surface area contributed by atoms with Crippen LogP contribution in [0.3, 0.4) is 0 Å². The molecule has 1 fully saturated rings. The fourth-order valence-corrected chi connectivity index (χ4v) is 1.42. The number of urea groups is 1. The third-order valence-electron chi connectivity index (χ3n) is 2.16. The lowest BCUT2D eigenvalue weighted by Gasteiger charge is -2.03. The Balaban J connectivity index is 2.36. The van der Waals surface area contributed by atoms with Crippen molar-refractivity contribution in [2.75, 3.05) is 7.11 Å².